The van der Waals surface area contributed by atoms with Gasteiger partial charge in [0.05, 0.1) is 6.54 Å². The molecule has 0 saturated heterocycles. The van der Waals surface area contributed by atoms with Crippen LogP contribution in [0.2, 0.25) is 0 Å². The van der Waals surface area contributed by atoms with Crippen molar-refractivity contribution in [2.24, 2.45) is 0 Å². The van der Waals surface area contributed by atoms with Crippen LogP contribution in [0.4, 0.5) is 14.5 Å². The van der Waals surface area contributed by atoms with E-state index in [1.54, 1.807) is 0 Å². The van der Waals surface area contributed by atoms with Crippen LogP contribution < -0.4 is 15.4 Å². The molecular weight excluding hydrogens is 306 g/mol. The van der Waals surface area contributed by atoms with E-state index in [1.807, 2.05) is 31.2 Å². The number of rotatable bonds is 5. The number of thiocarbonyl (C=S) groups is 1. The van der Waals surface area contributed by atoms with Crippen molar-refractivity contribution in [2.45, 2.75) is 6.92 Å². The summed E-state index contributed by atoms with van der Waals surface area (Å²) in [6.07, 6.45) is 0. The summed E-state index contributed by atoms with van der Waals surface area (Å²) in [5, 5.41) is 5.46. The van der Waals surface area contributed by atoms with Gasteiger partial charge in [0.1, 0.15) is 29.7 Å². The van der Waals surface area contributed by atoms with Crippen molar-refractivity contribution in [2.75, 3.05) is 18.5 Å². The monoisotopic (exact) mass is 322 g/mol. The first kappa shape index (κ1) is 16.2. The van der Waals surface area contributed by atoms with Gasteiger partial charge in [0.25, 0.3) is 0 Å². The summed E-state index contributed by atoms with van der Waals surface area (Å²) >= 11 is 4.99. The molecule has 0 aliphatic rings. The van der Waals surface area contributed by atoms with Crippen molar-refractivity contribution >= 4 is 23.0 Å². The van der Waals surface area contributed by atoms with Crippen molar-refractivity contribution in [1.29, 1.82) is 0 Å². The van der Waals surface area contributed by atoms with E-state index in [0.717, 1.165) is 23.4 Å². The molecule has 0 aliphatic heterocycles. The highest BCUT2D eigenvalue weighted by Gasteiger charge is 2.09. The molecule has 0 bridgehead atoms. The number of halogens is 2. The van der Waals surface area contributed by atoms with E-state index >= 15 is 0 Å². The first-order chi connectivity index (χ1) is 10.6. The number of hydrogen-bond donors (Lipinski definition) is 2. The third-order valence-electron chi connectivity index (χ3n) is 2.88. The van der Waals surface area contributed by atoms with Crippen molar-refractivity contribution < 1.29 is 13.5 Å². The van der Waals surface area contributed by atoms with Crippen LogP contribution in [0.15, 0.2) is 42.5 Å². The van der Waals surface area contributed by atoms with Gasteiger partial charge < -0.3 is 15.4 Å². The van der Waals surface area contributed by atoms with Gasteiger partial charge in [-0.25, -0.2) is 8.78 Å². The number of ether oxygens (including phenoxy) is 1. The lowest BCUT2D eigenvalue weighted by atomic mass is 10.2. The quantitative estimate of drug-likeness (QED) is 0.650. The Morgan fingerprint density at radius 1 is 1.09 bits per heavy atom. The maximum Gasteiger partial charge on any atom is 0.171 e. The predicted molar refractivity (Wildman–Crippen MR) is 87.3 cm³/mol. The van der Waals surface area contributed by atoms with Gasteiger partial charge in [-0.2, -0.15) is 0 Å². The van der Waals surface area contributed by atoms with Crippen LogP contribution in [0.25, 0.3) is 0 Å². The fourth-order valence-electron chi connectivity index (χ4n) is 1.74. The molecule has 0 fully saturated rings. The predicted octanol–water partition coefficient (Wildman–Crippen LogP) is 3.64. The summed E-state index contributed by atoms with van der Waals surface area (Å²) in [6, 6.07) is 11.3. The van der Waals surface area contributed by atoms with Gasteiger partial charge in [-0.1, -0.05) is 23.8 Å². The Bertz CT molecular complexity index is 627. The van der Waals surface area contributed by atoms with E-state index in [4.69, 9.17) is 17.0 Å². The first-order valence-corrected chi connectivity index (χ1v) is 7.15. The normalized spacial score (nSPS) is 10.1. The first-order valence-electron chi connectivity index (χ1n) is 6.74. The molecule has 0 unspecified atom stereocenters. The second kappa shape index (κ2) is 7.70. The van der Waals surface area contributed by atoms with Crippen LogP contribution in [0.1, 0.15) is 5.56 Å². The van der Waals surface area contributed by atoms with E-state index < -0.39 is 11.6 Å². The highest BCUT2D eigenvalue weighted by molar-refractivity contribution is 7.80. The molecule has 22 heavy (non-hydrogen) atoms. The van der Waals surface area contributed by atoms with E-state index in [0.29, 0.717) is 13.2 Å². The van der Waals surface area contributed by atoms with Crippen LogP contribution in [0.3, 0.4) is 0 Å². The SMILES string of the molecule is Cc1ccc(OCCNC(=S)Nc2c(F)cccc2F)cc1. The molecule has 0 atom stereocenters. The minimum absolute atomic E-state index is 0.136. The van der Waals surface area contributed by atoms with Crippen LogP contribution in [0, 0.1) is 18.6 Å². The largest absolute Gasteiger partial charge is 0.492 e. The molecule has 2 aromatic rings. The molecule has 0 saturated carbocycles. The lowest BCUT2D eigenvalue weighted by molar-refractivity contribution is 0.322. The summed E-state index contributed by atoms with van der Waals surface area (Å²) < 4.78 is 32.4. The Kier molecular flexibility index (Phi) is 5.66. The molecule has 0 heterocycles. The molecule has 116 valence electrons. The van der Waals surface area contributed by atoms with E-state index in [9.17, 15) is 8.78 Å². The van der Waals surface area contributed by atoms with Gasteiger partial charge >= 0.3 is 0 Å². The van der Waals surface area contributed by atoms with Crippen molar-refractivity contribution in [3.05, 3.63) is 59.7 Å². The average molecular weight is 322 g/mol. The van der Waals surface area contributed by atoms with Crippen LogP contribution in [0.5, 0.6) is 5.75 Å². The maximum atomic E-state index is 13.4. The van der Waals surface area contributed by atoms with Gasteiger partial charge in [-0.15, -0.1) is 0 Å². The molecule has 2 aromatic carbocycles. The van der Waals surface area contributed by atoms with Crippen molar-refractivity contribution in [3.63, 3.8) is 0 Å². The molecule has 2 N–H and O–H groups in total. The number of nitrogens with one attached hydrogen (secondary N) is 2. The smallest absolute Gasteiger partial charge is 0.171 e. The molecular formula is C16H16F2N2OS. The number of para-hydroxylation sites is 1. The highest BCUT2D eigenvalue weighted by Crippen LogP contribution is 2.17. The minimum Gasteiger partial charge on any atom is -0.492 e. The third-order valence-corrected chi connectivity index (χ3v) is 3.13. The van der Waals surface area contributed by atoms with Gasteiger partial charge in [0.2, 0.25) is 0 Å². The summed E-state index contributed by atoms with van der Waals surface area (Å²) in [7, 11) is 0. The molecule has 0 spiro atoms. The highest BCUT2D eigenvalue weighted by atomic mass is 32.1. The lowest BCUT2D eigenvalue weighted by Gasteiger charge is -2.12. The van der Waals surface area contributed by atoms with Crippen LogP contribution in [-0.2, 0) is 0 Å². The Morgan fingerprint density at radius 3 is 2.36 bits per heavy atom. The fraction of sp³-hybridized carbons (Fsp3) is 0.188. The summed E-state index contributed by atoms with van der Waals surface area (Å²) in [6.45, 7) is 2.79. The summed E-state index contributed by atoms with van der Waals surface area (Å²) in [5.41, 5.74) is 0.891. The third kappa shape index (κ3) is 4.66. The van der Waals surface area contributed by atoms with E-state index in [-0.39, 0.29) is 10.8 Å². The molecule has 0 amide bonds. The molecule has 3 nitrogen and oxygen atoms in total. The summed E-state index contributed by atoms with van der Waals surface area (Å²) in [5.74, 6) is -0.633. The zero-order chi connectivity index (χ0) is 15.9. The zero-order valence-electron chi connectivity index (χ0n) is 12.0. The molecule has 6 heteroatoms. The van der Waals surface area contributed by atoms with Gasteiger partial charge in [-0.3, -0.25) is 0 Å². The number of hydrogen-bond acceptors (Lipinski definition) is 2. The Balaban J connectivity index is 1.75. The van der Waals surface area contributed by atoms with Gasteiger partial charge in [-0.05, 0) is 43.4 Å². The van der Waals surface area contributed by atoms with Crippen LogP contribution >= 0.6 is 12.2 Å². The number of aryl methyl sites for hydroxylation is 1. The van der Waals surface area contributed by atoms with Crippen LogP contribution in [-0.4, -0.2) is 18.3 Å². The van der Waals surface area contributed by atoms with Gasteiger partial charge in [0.15, 0.2) is 5.11 Å². The topological polar surface area (TPSA) is 33.3 Å². The van der Waals surface area contributed by atoms with Crippen molar-refractivity contribution in [3.8, 4) is 5.75 Å². The minimum atomic E-state index is -0.694. The molecule has 0 aromatic heterocycles. The fourth-order valence-corrected chi connectivity index (χ4v) is 1.95. The number of benzene rings is 2. The summed E-state index contributed by atoms with van der Waals surface area (Å²) in [4.78, 5) is 0. The average Bonchev–Trinajstić information content (AvgIpc) is 2.49. The molecule has 0 aliphatic carbocycles. The molecule has 0 radical (unpaired) electrons. The van der Waals surface area contributed by atoms with E-state index in [2.05, 4.69) is 10.6 Å². The Morgan fingerprint density at radius 2 is 1.73 bits per heavy atom. The van der Waals surface area contributed by atoms with E-state index in [1.165, 1.54) is 6.07 Å². The standard InChI is InChI=1S/C16H16F2N2OS/c1-11-5-7-12(8-6-11)21-10-9-19-16(22)20-15-13(17)3-2-4-14(15)18/h2-8H,9-10H2,1H3,(H2,19,20,22). The zero-order valence-corrected chi connectivity index (χ0v) is 12.8. The van der Waals surface area contributed by atoms with Gasteiger partial charge in [0, 0.05) is 0 Å². The number of anilines is 1. The second-order valence-electron chi connectivity index (χ2n) is 4.64. The lowest BCUT2D eigenvalue weighted by Crippen LogP contribution is -2.32. The molecule has 2 rings (SSSR count). The Labute approximate surface area is 133 Å². The second-order valence-corrected chi connectivity index (χ2v) is 5.05. The van der Waals surface area contributed by atoms with Crippen molar-refractivity contribution in [1.82, 2.24) is 5.32 Å². The Hall–Kier alpha value is -2.21. The maximum absolute atomic E-state index is 13.4.